The van der Waals surface area contributed by atoms with Crippen molar-refractivity contribution < 1.29 is 23.8 Å². The summed E-state index contributed by atoms with van der Waals surface area (Å²) in [6.45, 7) is 5.49. The third-order valence-corrected chi connectivity index (χ3v) is 4.95. The monoisotopic (exact) mass is 407 g/mol. The molecule has 0 saturated heterocycles. The van der Waals surface area contributed by atoms with E-state index in [1.54, 1.807) is 13.0 Å². The van der Waals surface area contributed by atoms with Crippen molar-refractivity contribution in [1.82, 2.24) is 0 Å². The number of carbonyl (C=O) groups excluding carboxylic acids is 2. The number of esters is 1. The van der Waals surface area contributed by atoms with Crippen molar-refractivity contribution in [1.29, 1.82) is 0 Å². The Bertz CT molecular complexity index is 772. The minimum Gasteiger partial charge on any atom is -0.463 e. The molecule has 0 spiro atoms. The lowest BCUT2D eigenvalue weighted by molar-refractivity contribution is -0.138. The molecule has 0 aliphatic heterocycles. The molecule has 1 aliphatic carbocycles. The highest BCUT2D eigenvalue weighted by Crippen LogP contribution is 2.44. The number of ether oxygens (including phenoxy) is 3. The van der Waals surface area contributed by atoms with Crippen LogP contribution in [0.2, 0.25) is 5.02 Å². The maximum atomic E-state index is 12.9. The van der Waals surface area contributed by atoms with Crippen molar-refractivity contribution in [3.8, 4) is 0 Å². The molecule has 2 rings (SSSR count). The molecule has 1 unspecified atom stereocenters. The maximum absolute atomic E-state index is 12.9. The largest absolute Gasteiger partial charge is 0.463 e. The van der Waals surface area contributed by atoms with Gasteiger partial charge in [-0.05, 0) is 43.0 Å². The molecule has 6 nitrogen and oxygen atoms in total. The quantitative estimate of drug-likeness (QED) is 0.277. The predicted molar refractivity (Wildman–Crippen MR) is 107 cm³/mol. The predicted octanol–water partition coefficient (Wildman–Crippen LogP) is 3.15. The van der Waals surface area contributed by atoms with E-state index in [2.05, 4.69) is 0 Å². The van der Waals surface area contributed by atoms with Crippen molar-refractivity contribution >= 4 is 24.0 Å². The van der Waals surface area contributed by atoms with Crippen LogP contribution in [0, 0.1) is 0 Å². The minimum atomic E-state index is -0.474. The highest BCUT2D eigenvalue weighted by atomic mass is 35.5. The number of nitrogens with two attached hydrogens (primary N) is 1. The van der Waals surface area contributed by atoms with Gasteiger partial charge in [-0.3, -0.25) is 4.79 Å². The zero-order valence-corrected chi connectivity index (χ0v) is 17.0. The SMILES string of the molecule is CCOC(=O)C1=C(COCCN)CC(C)=C(COC=O)C1c1ccccc1Cl. The first-order valence-electron chi connectivity index (χ1n) is 9.20. The fourth-order valence-corrected chi connectivity index (χ4v) is 3.66. The van der Waals surface area contributed by atoms with E-state index in [-0.39, 0.29) is 19.8 Å². The van der Waals surface area contributed by atoms with Gasteiger partial charge in [0.2, 0.25) is 0 Å². The van der Waals surface area contributed by atoms with Gasteiger partial charge in [-0.25, -0.2) is 4.79 Å². The van der Waals surface area contributed by atoms with Crippen LogP contribution in [0.4, 0.5) is 0 Å². The van der Waals surface area contributed by atoms with E-state index in [0.29, 0.717) is 36.6 Å². The van der Waals surface area contributed by atoms with E-state index in [4.69, 9.17) is 31.5 Å². The number of carbonyl (C=O) groups is 2. The summed E-state index contributed by atoms with van der Waals surface area (Å²) in [5.41, 5.74) is 9.42. The van der Waals surface area contributed by atoms with E-state index in [1.807, 2.05) is 25.1 Å². The van der Waals surface area contributed by atoms with Crippen molar-refractivity contribution in [2.45, 2.75) is 26.2 Å². The van der Waals surface area contributed by atoms with Crippen LogP contribution < -0.4 is 5.73 Å². The first-order chi connectivity index (χ1) is 13.5. The van der Waals surface area contributed by atoms with Gasteiger partial charge in [0.1, 0.15) is 6.61 Å². The lowest BCUT2D eigenvalue weighted by Gasteiger charge is -2.32. The summed E-state index contributed by atoms with van der Waals surface area (Å²) in [5, 5.41) is 0.523. The molecule has 1 aromatic rings. The summed E-state index contributed by atoms with van der Waals surface area (Å²) in [6, 6.07) is 7.32. The van der Waals surface area contributed by atoms with E-state index in [0.717, 1.165) is 22.3 Å². The van der Waals surface area contributed by atoms with Gasteiger partial charge in [0.25, 0.3) is 6.47 Å². The van der Waals surface area contributed by atoms with Gasteiger partial charge in [-0.1, -0.05) is 35.4 Å². The van der Waals surface area contributed by atoms with Gasteiger partial charge < -0.3 is 19.9 Å². The number of halogens is 1. The number of allylic oxidation sites excluding steroid dienone is 1. The number of rotatable bonds is 10. The highest BCUT2D eigenvalue weighted by Gasteiger charge is 2.36. The normalized spacial score (nSPS) is 16.9. The lowest BCUT2D eigenvalue weighted by Crippen LogP contribution is -2.26. The Hall–Kier alpha value is -2.15. The van der Waals surface area contributed by atoms with Gasteiger partial charge in [0, 0.05) is 17.5 Å². The van der Waals surface area contributed by atoms with Crippen LogP contribution in [0.15, 0.2) is 46.6 Å². The summed E-state index contributed by atoms with van der Waals surface area (Å²) in [7, 11) is 0. The molecule has 0 amide bonds. The van der Waals surface area contributed by atoms with Gasteiger partial charge >= 0.3 is 5.97 Å². The van der Waals surface area contributed by atoms with Crippen molar-refractivity contribution in [3.05, 3.63) is 57.1 Å². The second kappa shape index (κ2) is 11.0. The Morgan fingerprint density at radius 2 is 2.07 bits per heavy atom. The van der Waals surface area contributed by atoms with Crippen molar-refractivity contribution in [3.63, 3.8) is 0 Å². The first-order valence-corrected chi connectivity index (χ1v) is 9.57. The van der Waals surface area contributed by atoms with Gasteiger partial charge in [0.15, 0.2) is 0 Å². The fraction of sp³-hybridized carbons (Fsp3) is 0.429. The Morgan fingerprint density at radius 1 is 1.32 bits per heavy atom. The topological polar surface area (TPSA) is 87.8 Å². The van der Waals surface area contributed by atoms with Crippen LogP contribution in [0.5, 0.6) is 0 Å². The van der Waals surface area contributed by atoms with Crippen LogP contribution >= 0.6 is 11.6 Å². The summed E-state index contributed by atoms with van der Waals surface area (Å²) < 4.78 is 16.0. The highest BCUT2D eigenvalue weighted by molar-refractivity contribution is 6.31. The fourth-order valence-electron chi connectivity index (χ4n) is 3.41. The molecule has 1 atom stereocenters. The van der Waals surface area contributed by atoms with E-state index in [1.165, 1.54) is 0 Å². The molecule has 28 heavy (non-hydrogen) atoms. The Kier molecular flexibility index (Phi) is 8.70. The third-order valence-electron chi connectivity index (χ3n) is 4.60. The average Bonchev–Trinajstić information content (AvgIpc) is 2.67. The van der Waals surface area contributed by atoms with Gasteiger partial charge in [-0.2, -0.15) is 0 Å². The molecule has 152 valence electrons. The van der Waals surface area contributed by atoms with E-state index < -0.39 is 11.9 Å². The lowest BCUT2D eigenvalue weighted by atomic mass is 9.75. The standard InChI is InChI=1S/C21H26ClNO5/c1-3-28-21(25)19-15(11-26-9-8-23)10-14(2)17(12-27-13-24)20(19)16-6-4-5-7-18(16)22/h4-7,13,20H,3,8-12,23H2,1-2H3. The first kappa shape index (κ1) is 22.1. The van der Waals surface area contributed by atoms with Crippen LogP contribution in [0.3, 0.4) is 0 Å². The number of hydrogen-bond acceptors (Lipinski definition) is 6. The van der Waals surface area contributed by atoms with Crippen molar-refractivity contribution in [2.75, 3.05) is 33.0 Å². The number of hydrogen-bond donors (Lipinski definition) is 1. The summed E-state index contributed by atoms with van der Waals surface area (Å²) >= 11 is 6.47. The zero-order valence-electron chi connectivity index (χ0n) is 16.2. The Balaban J connectivity index is 2.60. The second-order valence-corrected chi connectivity index (χ2v) is 6.83. The smallest absolute Gasteiger partial charge is 0.335 e. The molecule has 1 aromatic carbocycles. The van der Waals surface area contributed by atoms with Crippen molar-refractivity contribution in [2.24, 2.45) is 5.73 Å². The summed E-state index contributed by atoms with van der Waals surface area (Å²) in [5.74, 6) is -0.896. The molecule has 0 fully saturated rings. The molecule has 7 heteroatoms. The second-order valence-electron chi connectivity index (χ2n) is 6.42. The zero-order chi connectivity index (χ0) is 20.5. The Labute approximate surface area is 170 Å². The average molecular weight is 408 g/mol. The summed E-state index contributed by atoms with van der Waals surface area (Å²) in [4.78, 5) is 23.7. The van der Waals surface area contributed by atoms with Gasteiger partial charge in [0.05, 0.1) is 25.4 Å². The summed E-state index contributed by atoms with van der Waals surface area (Å²) in [6.07, 6.45) is 0.525. The Morgan fingerprint density at radius 3 is 2.71 bits per heavy atom. The molecular weight excluding hydrogens is 382 g/mol. The minimum absolute atomic E-state index is 0.0745. The molecule has 0 saturated carbocycles. The van der Waals surface area contributed by atoms with Crippen LogP contribution in [0.1, 0.15) is 31.7 Å². The molecule has 0 radical (unpaired) electrons. The van der Waals surface area contributed by atoms with E-state index in [9.17, 15) is 9.59 Å². The molecule has 2 N–H and O–H groups in total. The molecule has 0 aromatic heterocycles. The molecule has 1 aliphatic rings. The molecule has 0 heterocycles. The third kappa shape index (κ3) is 5.22. The maximum Gasteiger partial charge on any atom is 0.335 e. The van der Waals surface area contributed by atoms with E-state index >= 15 is 0 Å². The molecular formula is C21H26ClNO5. The van der Waals surface area contributed by atoms with Crippen LogP contribution in [-0.2, 0) is 23.8 Å². The van der Waals surface area contributed by atoms with Crippen LogP contribution in [0.25, 0.3) is 0 Å². The van der Waals surface area contributed by atoms with Crippen LogP contribution in [-0.4, -0.2) is 45.4 Å². The number of benzene rings is 1. The van der Waals surface area contributed by atoms with Gasteiger partial charge in [-0.15, -0.1) is 0 Å². The molecule has 0 bridgehead atoms.